The molecule has 0 aliphatic carbocycles. The molecule has 0 spiro atoms. The van der Waals surface area contributed by atoms with E-state index in [1.807, 2.05) is 17.0 Å². The number of thiocarbonyl (C=S) groups is 1. The van der Waals surface area contributed by atoms with Crippen molar-refractivity contribution in [3.8, 4) is 0 Å². The van der Waals surface area contributed by atoms with E-state index in [4.69, 9.17) is 12.2 Å². The molecule has 1 atom stereocenters. The van der Waals surface area contributed by atoms with Crippen LogP contribution in [0.25, 0.3) is 5.57 Å². The summed E-state index contributed by atoms with van der Waals surface area (Å²) in [4.78, 5) is 27.7. The molecule has 0 radical (unpaired) electrons. The van der Waals surface area contributed by atoms with E-state index in [9.17, 15) is 9.59 Å². The van der Waals surface area contributed by atoms with Crippen molar-refractivity contribution in [2.24, 2.45) is 0 Å². The van der Waals surface area contributed by atoms with Crippen LogP contribution in [0.15, 0.2) is 23.1 Å². The Kier molecular flexibility index (Phi) is 3.03. The van der Waals surface area contributed by atoms with E-state index < -0.39 is 0 Å². The van der Waals surface area contributed by atoms with Gasteiger partial charge in [0, 0.05) is 11.1 Å². The van der Waals surface area contributed by atoms with Crippen LogP contribution in [0.5, 0.6) is 0 Å². The Bertz CT molecular complexity index is 826. The van der Waals surface area contributed by atoms with Crippen molar-refractivity contribution in [2.75, 3.05) is 4.90 Å². The molecule has 0 bridgehead atoms. The third kappa shape index (κ3) is 1.94. The zero-order chi connectivity index (χ0) is 16.5. The summed E-state index contributed by atoms with van der Waals surface area (Å²) in [5, 5.41) is 2.61. The zero-order valence-electron chi connectivity index (χ0n) is 13.1. The van der Waals surface area contributed by atoms with E-state index in [1.165, 1.54) is 17.3 Å². The number of rotatable bonds is 0. The molecule has 4 nitrogen and oxygen atoms in total. The number of benzene rings is 1. The molecule has 1 aromatic carbocycles. The second-order valence-corrected chi connectivity index (χ2v) is 8.54. The molecule has 0 saturated carbocycles. The standard InChI is InChI=1S/C17H16N2O2S2/c1-8-7-17(2,3)19-12-9(8)5-4-6-10(12)11(15(19)21)13-14(20)18-16(22)23-13/h4-6,8H,7H2,1-3H3,(H,18,20,22)/b13-11+/t8-/m0/s1. The third-order valence-corrected chi connectivity index (χ3v) is 6.00. The number of carbonyl (C=O) groups is 2. The lowest BCUT2D eigenvalue weighted by Gasteiger charge is -2.43. The van der Waals surface area contributed by atoms with Crippen LogP contribution in [0.3, 0.4) is 0 Å². The van der Waals surface area contributed by atoms with Gasteiger partial charge in [0.15, 0.2) is 0 Å². The van der Waals surface area contributed by atoms with Crippen molar-refractivity contribution < 1.29 is 9.59 Å². The predicted octanol–water partition coefficient (Wildman–Crippen LogP) is 3.18. The summed E-state index contributed by atoms with van der Waals surface area (Å²) in [5.74, 6) is 0.0119. The number of nitrogens with zero attached hydrogens (tertiary/aromatic N) is 1. The van der Waals surface area contributed by atoms with Gasteiger partial charge in [-0.2, -0.15) is 0 Å². The van der Waals surface area contributed by atoms with Crippen LogP contribution in [-0.2, 0) is 9.59 Å². The van der Waals surface area contributed by atoms with E-state index in [-0.39, 0.29) is 17.4 Å². The second kappa shape index (κ2) is 4.68. The lowest BCUT2D eigenvalue weighted by atomic mass is 9.80. The number of carbonyl (C=O) groups excluding carboxylic acids is 2. The van der Waals surface area contributed by atoms with Crippen LogP contribution in [0.2, 0.25) is 0 Å². The van der Waals surface area contributed by atoms with Gasteiger partial charge in [-0.25, -0.2) is 0 Å². The van der Waals surface area contributed by atoms with Gasteiger partial charge in [-0.15, -0.1) is 0 Å². The van der Waals surface area contributed by atoms with Gasteiger partial charge in [0.2, 0.25) is 0 Å². The Morgan fingerprint density at radius 3 is 2.74 bits per heavy atom. The van der Waals surface area contributed by atoms with Crippen LogP contribution < -0.4 is 10.2 Å². The van der Waals surface area contributed by atoms with Gasteiger partial charge in [-0.1, -0.05) is 49.1 Å². The fraction of sp³-hybridized carbons (Fsp3) is 0.353. The molecule has 2 amide bonds. The maximum atomic E-state index is 13.2. The van der Waals surface area contributed by atoms with E-state index in [1.54, 1.807) is 0 Å². The van der Waals surface area contributed by atoms with Crippen molar-refractivity contribution in [3.63, 3.8) is 0 Å². The quantitative estimate of drug-likeness (QED) is 0.580. The summed E-state index contributed by atoms with van der Waals surface area (Å²) >= 11 is 6.26. The molecular weight excluding hydrogens is 328 g/mol. The van der Waals surface area contributed by atoms with Gasteiger partial charge in [-0.05, 0) is 31.7 Å². The topological polar surface area (TPSA) is 49.4 Å². The van der Waals surface area contributed by atoms with Crippen LogP contribution in [0.4, 0.5) is 5.69 Å². The van der Waals surface area contributed by atoms with E-state index in [0.29, 0.717) is 20.7 Å². The SMILES string of the molecule is C[C@H]1CC(C)(C)N2C(=O)/C(=C3/SC(=S)NC3=O)c3cccc1c32. The highest BCUT2D eigenvalue weighted by molar-refractivity contribution is 8.27. The Morgan fingerprint density at radius 2 is 2.09 bits per heavy atom. The minimum Gasteiger partial charge on any atom is -0.307 e. The van der Waals surface area contributed by atoms with Crippen LogP contribution in [0, 0.1) is 0 Å². The summed E-state index contributed by atoms with van der Waals surface area (Å²) in [5.41, 5.74) is 3.22. The summed E-state index contributed by atoms with van der Waals surface area (Å²) in [6.45, 7) is 6.36. The first-order valence-electron chi connectivity index (χ1n) is 7.56. The first-order chi connectivity index (χ1) is 10.8. The smallest absolute Gasteiger partial charge is 0.264 e. The lowest BCUT2D eigenvalue weighted by Crippen LogP contribution is -2.49. The van der Waals surface area contributed by atoms with Gasteiger partial charge in [-0.3, -0.25) is 9.59 Å². The Balaban J connectivity index is 2.03. The average Bonchev–Trinajstić information content (AvgIpc) is 2.93. The first-order valence-corrected chi connectivity index (χ1v) is 8.79. The third-order valence-electron chi connectivity index (χ3n) is 4.76. The molecule has 3 heterocycles. The van der Waals surface area contributed by atoms with Gasteiger partial charge in [0.05, 0.1) is 16.2 Å². The largest absolute Gasteiger partial charge is 0.307 e. The molecule has 3 aliphatic rings. The molecule has 0 aromatic heterocycles. The summed E-state index contributed by atoms with van der Waals surface area (Å²) in [7, 11) is 0. The Hall–Kier alpha value is -1.66. The Labute approximate surface area is 144 Å². The molecule has 1 N–H and O–H groups in total. The van der Waals surface area contributed by atoms with Gasteiger partial charge in [0.25, 0.3) is 11.8 Å². The Morgan fingerprint density at radius 1 is 1.35 bits per heavy atom. The lowest BCUT2D eigenvalue weighted by molar-refractivity contribution is -0.116. The minimum atomic E-state index is -0.276. The number of nitrogens with one attached hydrogen (secondary N) is 1. The fourth-order valence-electron chi connectivity index (χ4n) is 3.97. The van der Waals surface area contributed by atoms with Gasteiger partial charge in [0.1, 0.15) is 4.32 Å². The highest BCUT2D eigenvalue weighted by Gasteiger charge is 2.49. The molecule has 6 heteroatoms. The number of thioether (sulfide) groups is 1. The van der Waals surface area contributed by atoms with E-state index in [2.05, 4.69) is 32.2 Å². The molecule has 1 aromatic rings. The molecule has 23 heavy (non-hydrogen) atoms. The number of para-hydroxylation sites is 1. The highest BCUT2D eigenvalue weighted by atomic mass is 32.2. The maximum absolute atomic E-state index is 13.2. The number of amides is 2. The molecule has 4 rings (SSSR count). The average molecular weight is 344 g/mol. The maximum Gasteiger partial charge on any atom is 0.264 e. The molecule has 1 fully saturated rings. The van der Waals surface area contributed by atoms with Crippen molar-refractivity contribution >= 4 is 51.4 Å². The monoisotopic (exact) mass is 344 g/mol. The number of anilines is 1. The molecule has 118 valence electrons. The number of hydrogen-bond acceptors (Lipinski definition) is 4. The zero-order valence-corrected chi connectivity index (χ0v) is 14.7. The predicted molar refractivity (Wildman–Crippen MR) is 96.3 cm³/mol. The van der Waals surface area contributed by atoms with Gasteiger partial charge < -0.3 is 10.2 Å². The normalized spacial score (nSPS) is 28.2. The van der Waals surface area contributed by atoms with Crippen molar-refractivity contribution in [1.82, 2.24) is 5.32 Å². The molecule has 0 unspecified atom stereocenters. The van der Waals surface area contributed by atoms with Crippen LogP contribution in [-0.4, -0.2) is 21.7 Å². The molecule has 1 saturated heterocycles. The summed E-state index contributed by atoms with van der Waals surface area (Å²) in [6, 6.07) is 5.98. The number of hydrogen-bond donors (Lipinski definition) is 1. The van der Waals surface area contributed by atoms with E-state index in [0.717, 1.165) is 17.7 Å². The van der Waals surface area contributed by atoms with Gasteiger partial charge >= 0.3 is 0 Å². The van der Waals surface area contributed by atoms with Crippen LogP contribution >= 0.6 is 24.0 Å². The fourth-order valence-corrected chi connectivity index (χ4v) is 5.08. The second-order valence-electron chi connectivity index (χ2n) is 6.85. The minimum absolute atomic E-state index is 0.0910. The van der Waals surface area contributed by atoms with Crippen LogP contribution in [0.1, 0.15) is 44.2 Å². The summed E-state index contributed by atoms with van der Waals surface area (Å²) < 4.78 is 0.406. The van der Waals surface area contributed by atoms with Crippen molar-refractivity contribution in [2.45, 2.75) is 38.6 Å². The summed E-state index contributed by atoms with van der Waals surface area (Å²) in [6.07, 6.45) is 0.898. The van der Waals surface area contributed by atoms with E-state index >= 15 is 0 Å². The molecular formula is C17H16N2O2S2. The molecule has 3 aliphatic heterocycles. The van der Waals surface area contributed by atoms with Crippen molar-refractivity contribution in [3.05, 3.63) is 34.2 Å². The highest BCUT2D eigenvalue weighted by Crippen LogP contribution is 2.53. The van der Waals surface area contributed by atoms with Crippen molar-refractivity contribution in [1.29, 1.82) is 0 Å². The first kappa shape index (κ1) is 14.9.